The third-order valence-corrected chi connectivity index (χ3v) is 4.73. The van der Waals surface area contributed by atoms with Crippen molar-refractivity contribution in [1.82, 2.24) is 0 Å². The van der Waals surface area contributed by atoms with E-state index in [1.807, 2.05) is 11.9 Å². The van der Waals surface area contributed by atoms with E-state index in [1.165, 1.54) is 18.4 Å². The van der Waals surface area contributed by atoms with Crippen molar-refractivity contribution in [1.29, 1.82) is 0 Å². The van der Waals surface area contributed by atoms with Crippen LogP contribution in [-0.2, 0) is 4.74 Å². The highest BCUT2D eigenvalue weighted by Gasteiger charge is 2.35. The lowest BCUT2D eigenvalue weighted by molar-refractivity contribution is 0.0603. The number of esters is 1. The molecule has 2 rings (SSSR count). The van der Waals surface area contributed by atoms with Crippen molar-refractivity contribution in [2.75, 3.05) is 31.3 Å². The Morgan fingerprint density at radius 2 is 2.10 bits per heavy atom. The lowest BCUT2D eigenvalue weighted by atomic mass is 10.1. The number of hydrogen-bond donors (Lipinski definition) is 1. The number of anilines is 2. The lowest BCUT2D eigenvalue weighted by Crippen LogP contribution is -2.19. The summed E-state index contributed by atoms with van der Waals surface area (Å²) in [6, 6.07) is 0. The number of ether oxygens (including phenoxy) is 1. The van der Waals surface area contributed by atoms with Crippen LogP contribution in [0.1, 0.15) is 46.2 Å². The number of nitrogen functional groups attached to an aromatic ring is 1. The number of carbonyl (C=O) groups excluding carboxylic acids is 2. The fourth-order valence-electron chi connectivity index (χ4n) is 2.15. The molecule has 0 amide bonds. The Morgan fingerprint density at radius 3 is 2.60 bits per heavy atom. The number of nitrogens with zero attached hydrogens (tertiary/aromatic N) is 1. The van der Waals surface area contributed by atoms with Gasteiger partial charge in [0.15, 0.2) is 5.78 Å². The minimum Gasteiger partial charge on any atom is -0.465 e. The van der Waals surface area contributed by atoms with Gasteiger partial charge in [-0.25, -0.2) is 4.79 Å². The summed E-state index contributed by atoms with van der Waals surface area (Å²) in [5.74, 6) is -0.328. The van der Waals surface area contributed by atoms with E-state index in [0.29, 0.717) is 10.4 Å². The van der Waals surface area contributed by atoms with Crippen LogP contribution in [0.4, 0.5) is 10.7 Å². The van der Waals surface area contributed by atoms with Gasteiger partial charge >= 0.3 is 5.97 Å². The van der Waals surface area contributed by atoms with Crippen molar-refractivity contribution >= 4 is 33.8 Å². The maximum Gasteiger partial charge on any atom is 0.343 e. The number of rotatable bonds is 6. The van der Waals surface area contributed by atoms with Crippen LogP contribution in [0.5, 0.6) is 0 Å². The number of hydrogen-bond acceptors (Lipinski definition) is 6. The Bertz CT molecular complexity index is 535. The van der Waals surface area contributed by atoms with Gasteiger partial charge in [-0.05, 0) is 19.3 Å². The molecule has 2 N–H and O–H groups in total. The minimum atomic E-state index is -0.480. The van der Waals surface area contributed by atoms with Gasteiger partial charge in [0.05, 0.1) is 17.7 Å². The van der Waals surface area contributed by atoms with Crippen LogP contribution in [0, 0.1) is 5.92 Å². The Balaban J connectivity index is 2.45. The van der Waals surface area contributed by atoms with Crippen molar-refractivity contribution in [2.45, 2.75) is 26.2 Å². The summed E-state index contributed by atoms with van der Waals surface area (Å²) in [7, 11) is 3.22. The number of methoxy groups -OCH3 is 1. The molecule has 0 atom stereocenters. The summed E-state index contributed by atoms with van der Waals surface area (Å²) in [6.45, 7) is 2.85. The summed E-state index contributed by atoms with van der Waals surface area (Å²) in [6.07, 6.45) is 2.79. The fraction of sp³-hybridized carbons (Fsp3) is 0.571. The van der Waals surface area contributed by atoms with Crippen LogP contribution in [0.15, 0.2) is 0 Å². The maximum atomic E-state index is 12.2. The smallest absolute Gasteiger partial charge is 0.343 e. The average molecular weight is 296 g/mol. The van der Waals surface area contributed by atoms with E-state index < -0.39 is 5.97 Å². The molecule has 0 bridgehead atoms. The van der Waals surface area contributed by atoms with Crippen LogP contribution >= 0.6 is 11.3 Å². The van der Waals surface area contributed by atoms with E-state index in [4.69, 9.17) is 10.5 Å². The molecule has 6 heteroatoms. The van der Waals surface area contributed by atoms with E-state index in [1.54, 1.807) is 0 Å². The number of thiophene rings is 1. The Labute approximate surface area is 122 Å². The van der Waals surface area contributed by atoms with Crippen molar-refractivity contribution in [3.8, 4) is 0 Å². The highest BCUT2D eigenvalue weighted by atomic mass is 32.1. The molecule has 1 aromatic rings. The van der Waals surface area contributed by atoms with Gasteiger partial charge in [0.2, 0.25) is 0 Å². The van der Waals surface area contributed by atoms with Gasteiger partial charge in [-0.15, -0.1) is 11.3 Å². The molecule has 110 valence electrons. The van der Waals surface area contributed by atoms with Gasteiger partial charge < -0.3 is 15.4 Å². The van der Waals surface area contributed by atoms with Gasteiger partial charge in [0, 0.05) is 19.5 Å². The molecule has 0 saturated heterocycles. The standard InChI is InChI=1S/C14H20N2O3S/c1-4-7-16(2)13-9(14(18)19-3)10(15)12(20-13)11(17)8-5-6-8/h8H,4-7,15H2,1-3H3. The molecule has 0 radical (unpaired) electrons. The molecule has 1 aliphatic carbocycles. The van der Waals surface area contributed by atoms with Crippen molar-refractivity contribution in [3.05, 3.63) is 10.4 Å². The van der Waals surface area contributed by atoms with Crippen molar-refractivity contribution < 1.29 is 14.3 Å². The number of carbonyl (C=O) groups is 2. The second kappa shape index (κ2) is 5.83. The van der Waals surface area contributed by atoms with Crippen LogP contribution < -0.4 is 10.6 Å². The first-order valence-electron chi connectivity index (χ1n) is 6.77. The maximum absolute atomic E-state index is 12.2. The van der Waals surface area contributed by atoms with Crippen molar-refractivity contribution in [3.63, 3.8) is 0 Å². The molecule has 0 spiro atoms. The zero-order valence-electron chi connectivity index (χ0n) is 12.1. The fourth-order valence-corrected chi connectivity index (χ4v) is 3.37. The quantitative estimate of drug-likeness (QED) is 0.645. The summed E-state index contributed by atoms with van der Waals surface area (Å²) in [5, 5.41) is 0.722. The highest BCUT2D eigenvalue weighted by Crippen LogP contribution is 2.43. The number of Topliss-reactive ketones (excluding diaryl/α,β-unsaturated/α-hetero) is 1. The van der Waals surface area contributed by atoms with E-state index in [9.17, 15) is 9.59 Å². The average Bonchev–Trinajstić information content (AvgIpc) is 3.21. The Kier molecular flexibility index (Phi) is 4.32. The normalized spacial score (nSPS) is 14.2. The minimum absolute atomic E-state index is 0.0637. The molecule has 1 aromatic heterocycles. The van der Waals surface area contributed by atoms with Gasteiger partial charge in [-0.2, -0.15) is 0 Å². The van der Waals surface area contributed by atoms with Crippen LogP contribution in [0.2, 0.25) is 0 Å². The molecule has 1 fully saturated rings. The van der Waals surface area contributed by atoms with Gasteiger partial charge in [0.1, 0.15) is 10.6 Å². The predicted octanol–water partition coefficient (Wildman–Crippen LogP) is 2.56. The van der Waals surface area contributed by atoms with E-state index in [2.05, 4.69) is 6.92 Å². The SMILES string of the molecule is CCCN(C)c1sc(C(=O)C2CC2)c(N)c1C(=O)OC. The van der Waals surface area contributed by atoms with Crippen LogP contribution in [0.3, 0.4) is 0 Å². The molecule has 1 saturated carbocycles. The molecule has 0 unspecified atom stereocenters. The second-order valence-electron chi connectivity index (χ2n) is 5.08. The molecule has 1 aliphatic rings. The molecular weight excluding hydrogens is 276 g/mol. The van der Waals surface area contributed by atoms with Gasteiger partial charge in [-0.1, -0.05) is 6.92 Å². The summed E-state index contributed by atoms with van der Waals surface area (Å²) in [5.41, 5.74) is 6.65. The lowest BCUT2D eigenvalue weighted by Gasteiger charge is -2.17. The third kappa shape index (κ3) is 2.65. The van der Waals surface area contributed by atoms with E-state index in [-0.39, 0.29) is 17.4 Å². The Morgan fingerprint density at radius 1 is 1.45 bits per heavy atom. The zero-order chi connectivity index (χ0) is 14.9. The number of nitrogens with two attached hydrogens (primary N) is 1. The summed E-state index contributed by atoms with van der Waals surface area (Å²) >= 11 is 1.30. The van der Waals surface area contributed by atoms with Gasteiger partial charge in [0.25, 0.3) is 0 Å². The number of ketones is 1. The second-order valence-corrected chi connectivity index (χ2v) is 6.08. The molecule has 5 nitrogen and oxygen atoms in total. The molecule has 1 heterocycles. The topological polar surface area (TPSA) is 72.6 Å². The van der Waals surface area contributed by atoms with E-state index >= 15 is 0 Å². The first kappa shape index (κ1) is 14.8. The summed E-state index contributed by atoms with van der Waals surface area (Å²) < 4.78 is 4.81. The first-order valence-corrected chi connectivity index (χ1v) is 7.58. The highest BCUT2D eigenvalue weighted by molar-refractivity contribution is 7.19. The van der Waals surface area contributed by atoms with Crippen LogP contribution in [-0.4, -0.2) is 32.5 Å². The first-order chi connectivity index (χ1) is 9.51. The van der Waals surface area contributed by atoms with Crippen LogP contribution in [0.25, 0.3) is 0 Å². The predicted molar refractivity (Wildman–Crippen MR) is 80.7 cm³/mol. The molecule has 0 aromatic carbocycles. The summed E-state index contributed by atoms with van der Waals surface area (Å²) in [4.78, 5) is 26.7. The van der Waals surface area contributed by atoms with Gasteiger partial charge in [-0.3, -0.25) is 4.79 Å². The zero-order valence-corrected chi connectivity index (χ0v) is 12.9. The molecule has 0 aliphatic heterocycles. The molecular formula is C14H20N2O3S. The third-order valence-electron chi connectivity index (χ3n) is 3.39. The monoisotopic (exact) mass is 296 g/mol. The van der Waals surface area contributed by atoms with Crippen molar-refractivity contribution in [2.24, 2.45) is 5.92 Å². The largest absolute Gasteiger partial charge is 0.465 e. The Hall–Kier alpha value is -1.56. The molecule has 20 heavy (non-hydrogen) atoms. The van der Waals surface area contributed by atoms with E-state index in [0.717, 1.165) is 30.8 Å².